The van der Waals surface area contributed by atoms with E-state index in [2.05, 4.69) is 17.6 Å². The third-order valence-corrected chi connectivity index (χ3v) is 10.9. The lowest BCUT2D eigenvalue weighted by Crippen LogP contribution is -2.51. The second kappa shape index (κ2) is 12.2. The number of carbonyl (C=O) groups is 3. The highest BCUT2D eigenvalue weighted by atomic mass is 35.5. The number of hydrogen-bond donors (Lipinski definition) is 3. The van der Waals surface area contributed by atoms with Gasteiger partial charge in [0.25, 0.3) is 0 Å². The number of ether oxygens (including phenoxy) is 1. The summed E-state index contributed by atoms with van der Waals surface area (Å²) < 4.78 is 4.37. The molecule has 3 N–H and O–H groups in total. The molecule has 2 aromatic rings. The summed E-state index contributed by atoms with van der Waals surface area (Å²) in [6, 6.07) is 13.5. The Bertz CT molecular complexity index is 1280. The molecule has 2 unspecified atom stereocenters. The summed E-state index contributed by atoms with van der Waals surface area (Å²) in [5.74, 6) is -0.972. The molecule has 3 amide bonds. The number of unbranched alkanes of at least 4 members (excludes halogenated alkanes) is 3. The van der Waals surface area contributed by atoms with E-state index in [-0.39, 0.29) is 24.3 Å². The molecule has 5 atom stereocenters. The number of fused-ring (bicyclic) bond motifs is 1. The van der Waals surface area contributed by atoms with Gasteiger partial charge in [-0.15, -0.1) is 11.8 Å². The number of halogens is 1. The van der Waals surface area contributed by atoms with E-state index in [4.69, 9.17) is 21.4 Å². The maximum absolute atomic E-state index is 14.2. The third-order valence-electron chi connectivity index (χ3n) is 8.66. The molecule has 2 aromatic carbocycles. The van der Waals surface area contributed by atoms with E-state index in [1.165, 1.54) is 0 Å². The fourth-order valence-corrected chi connectivity index (χ4v) is 9.36. The standard InChI is InChI=1S/C31H38ClN3O5S/c1-3-40-23-14-12-22(13-15-23)33-27(37)24-25-29(39)35(18-6-4-5-7-19-36)26(31(25)17-16-30(24,2)41-31)28(38)34-21-10-8-20(32)9-11-21/h8-15,24-26,36H,3-7,16-19H2,1-2H3,(H,33,37)(H,34,38)/t24-,25+,26?,30+,31?/m1/s1. The number of nitrogens with one attached hydrogen (secondary N) is 2. The number of hydrogen-bond acceptors (Lipinski definition) is 6. The number of nitrogens with zero attached hydrogens (tertiary/aromatic N) is 1. The molecule has 3 fully saturated rings. The van der Waals surface area contributed by atoms with Crippen LogP contribution in [0.25, 0.3) is 0 Å². The molecule has 2 bridgehead atoms. The summed E-state index contributed by atoms with van der Waals surface area (Å²) in [5, 5.41) is 15.8. The third kappa shape index (κ3) is 5.68. The van der Waals surface area contributed by atoms with Crippen LogP contribution in [0.1, 0.15) is 52.4 Å². The van der Waals surface area contributed by atoms with E-state index in [9.17, 15) is 14.4 Å². The molecule has 0 radical (unpaired) electrons. The summed E-state index contributed by atoms with van der Waals surface area (Å²) in [6.45, 7) is 5.11. The van der Waals surface area contributed by atoms with E-state index in [1.54, 1.807) is 53.1 Å². The monoisotopic (exact) mass is 599 g/mol. The van der Waals surface area contributed by atoms with Gasteiger partial charge >= 0.3 is 0 Å². The van der Waals surface area contributed by atoms with Crippen LogP contribution in [-0.2, 0) is 14.4 Å². The molecule has 5 rings (SSSR count). The van der Waals surface area contributed by atoms with Crippen LogP contribution in [0.2, 0.25) is 5.02 Å². The van der Waals surface area contributed by atoms with Crippen LogP contribution in [0.5, 0.6) is 5.75 Å². The Morgan fingerprint density at radius 2 is 1.63 bits per heavy atom. The number of carbonyl (C=O) groups excluding carboxylic acids is 3. The molecule has 3 aliphatic rings. The van der Waals surface area contributed by atoms with Gasteiger partial charge in [-0.05, 0) is 88.1 Å². The number of benzene rings is 2. The lowest BCUT2D eigenvalue weighted by molar-refractivity contribution is -0.139. The lowest BCUT2D eigenvalue weighted by Gasteiger charge is -2.34. The quantitative estimate of drug-likeness (QED) is 0.284. The molecule has 41 heavy (non-hydrogen) atoms. The smallest absolute Gasteiger partial charge is 0.248 e. The number of amides is 3. The molecule has 0 aromatic heterocycles. The van der Waals surface area contributed by atoms with Gasteiger partial charge in [-0.3, -0.25) is 14.4 Å². The van der Waals surface area contributed by atoms with E-state index in [0.29, 0.717) is 42.4 Å². The Morgan fingerprint density at radius 1 is 1.00 bits per heavy atom. The van der Waals surface area contributed by atoms with Crippen LogP contribution in [0.4, 0.5) is 11.4 Å². The normalized spacial score (nSPS) is 28.0. The van der Waals surface area contributed by atoms with Gasteiger partial charge in [-0.2, -0.15) is 0 Å². The van der Waals surface area contributed by atoms with Crippen molar-refractivity contribution < 1.29 is 24.2 Å². The first-order valence-corrected chi connectivity index (χ1v) is 15.6. The van der Waals surface area contributed by atoms with E-state index >= 15 is 0 Å². The largest absolute Gasteiger partial charge is 0.494 e. The van der Waals surface area contributed by atoms with Gasteiger partial charge in [0.15, 0.2) is 0 Å². The molecule has 10 heteroatoms. The molecule has 1 spiro atoms. The number of likely N-dealkylation sites (tertiary alicyclic amines) is 1. The molecule has 3 aliphatic heterocycles. The predicted octanol–water partition coefficient (Wildman–Crippen LogP) is 5.35. The van der Waals surface area contributed by atoms with Gasteiger partial charge in [0.2, 0.25) is 17.7 Å². The minimum Gasteiger partial charge on any atom is -0.494 e. The first-order chi connectivity index (χ1) is 19.7. The van der Waals surface area contributed by atoms with Crippen molar-refractivity contribution in [2.45, 2.75) is 67.9 Å². The zero-order valence-electron chi connectivity index (χ0n) is 23.5. The maximum atomic E-state index is 14.2. The van der Waals surface area contributed by atoms with Crippen LogP contribution >= 0.6 is 23.4 Å². The first kappa shape index (κ1) is 29.7. The Hall–Kier alpha value is -2.75. The number of thioether (sulfide) groups is 1. The minimum atomic E-state index is -0.691. The topological polar surface area (TPSA) is 108 Å². The van der Waals surface area contributed by atoms with Crippen LogP contribution in [0.3, 0.4) is 0 Å². The fraction of sp³-hybridized carbons (Fsp3) is 0.516. The van der Waals surface area contributed by atoms with Gasteiger partial charge in [0.1, 0.15) is 11.8 Å². The second-order valence-electron chi connectivity index (χ2n) is 11.3. The Labute approximate surface area is 250 Å². The molecule has 220 valence electrons. The van der Waals surface area contributed by atoms with E-state index in [1.807, 2.05) is 19.1 Å². The van der Waals surface area contributed by atoms with Crippen molar-refractivity contribution in [3.8, 4) is 5.75 Å². The maximum Gasteiger partial charge on any atom is 0.248 e. The van der Waals surface area contributed by atoms with Crippen molar-refractivity contribution in [3.05, 3.63) is 53.6 Å². The van der Waals surface area contributed by atoms with Crippen molar-refractivity contribution in [3.63, 3.8) is 0 Å². The summed E-state index contributed by atoms with van der Waals surface area (Å²) >= 11 is 7.70. The SMILES string of the molecule is CCOc1ccc(NC(=O)[C@H]2[C@H]3C(=O)N(CCCCCCO)C(C(=O)Nc4ccc(Cl)cc4)C34CC[C@]2(C)S4)cc1. The van der Waals surface area contributed by atoms with E-state index in [0.717, 1.165) is 31.4 Å². The second-order valence-corrected chi connectivity index (χ2v) is 13.7. The zero-order valence-corrected chi connectivity index (χ0v) is 25.1. The van der Waals surface area contributed by atoms with Gasteiger partial charge in [0.05, 0.1) is 23.2 Å². The first-order valence-electron chi connectivity index (χ1n) is 14.4. The Kier molecular flexibility index (Phi) is 8.87. The van der Waals surface area contributed by atoms with Crippen molar-refractivity contribution >= 4 is 52.5 Å². The van der Waals surface area contributed by atoms with Crippen LogP contribution in [0.15, 0.2) is 48.5 Å². The summed E-state index contributed by atoms with van der Waals surface area (Å²) in [4.78, 5) is 43.8. The molecular weight excluding hydrogens is 562 g/mol. The van der Waals surface area contributed by atoms with Gasteiger partial charge in [-0.25, -0.2) is 0 Å². The summed E-state index contributed by atoms with van der Waals surface area (Å²) in [6.07, 6.45) is 4.58. The minimum absolute atomic E-state index is 0.119. The van der Waals surface area contributed by atoms with Crippen molar-refractivity contribution in [1.29, 1.82) is 0 Å². The number of anilines is 2. The fourth-order valence-electron chi connectivity index (χ4n) is 6.88. The highest BCUT2D eigenvalue weighted by molar-refractivity contribution is 8.02. The van der Waals surface area contributed by atoms with Crippen LogP contribution in [-0.4, -0.2) is 63.0 Å². The predicted molar refractivity (Wildman–Crippen MR) is 162 cm³/mol. The van der Waals surface area contributed by atoms with Crippen molar-refractivity contribution in [2.75, 3.05) is 30.4 Å². The highest BCUT2D eigenvalue weighted by Crippen LogP contribution is 2.71. The van der Waals surface area contributed by atoms with Gasteiger partial charge in [-0.1, -0.05) is 24.4 Å². The highest BCUT2D eigenvalue weighted by Gasteiger charge is 2.77. The van der Waals surface area contributed by atoms with Gasteiger partial charge in [0, 0.05) is 34.3 Å². The Balaban J connectivity index is 1.42. The zero-order chi connectivity index (χ0) is 29.2. The molecule has 8 nitrogen and oxygen atoms in total. The molecule has 0 saturated carbocycles. The lowest BCUT2D eigenvalue weighted by atomic mass is 9.66. The van der Waals surface area contributed by atoms with E-state index < -0.39 is 27.4 Å². The molecule has 0 aliphatic carbocycles. The van der Waals surface area contributed by atoms with Crippen LogP contribution < -0.4 is 15.4 Å². The van der Waals surface area contributed by atoms with Crippen LogP contribution in [0, 0.1) is 11.8 Å². The average Bonchev–Trinajstić information content (AvgIpc) is 3.51. The average molecular weight is 600 g/mol. The number of aliphatic hydroxyl groups excluding tert-OH is 1. The number of aliphatic hydroxyl groups is 1. The summed E-state index contributed by atoms with van der Waals surface area (Å²) in [7, 11) is 0. The molecular formula is C31H38ClN3O5S. The molecule has 3 saturated heterocycles. The number of rotatable bonds is 12. The molecule has 3 heterocycles. The van der Waals surface area contributed by atoms with Crippen molar-refractivity contribution in [1.82, 2.24) is 4.90 Å². The summed E-state index contributed by atoms with van der Waals surface area (Å²) in [5.41, 5.74) is 1.26. The Morgan fingerprint density at radius 3 is 2.29 bits per heavy atom. The van der Waals surface area contributed by atoms with Gasteiger partial charge < -0.3 is 25.4 Å². The van der Waals surface area contributed by atoms with Crippen molar-refractivity contribution in [2.24, 2.45) is 11.8 Å².